The number of hydrogen-bond donors (Lipinski definition) is 0. The number of aromatic nitrogens is 1. The molecule has 0 N–H and O–H groups in total. The molecule has 0 aromatic carbocycles. The van der Waals surface area contributed by atoms with Gasteiger partial charge in [0.05, 0.1) is 3.55 Å². The first-order chi connectivity index (χ1) is 7.57. The lowest BCUT2D eigenvalue weighted by atomic mass is 10.2. The van der Waals surface area contributed by atoms with E-state index < -0.39 is 0 Å². The summed E-state index contributed by atoms with van der Waals surface area (Å²) in [5.41, 5.74) is 1.29. The maximum absolute atomic E-state index is 4.06. The SMILES string of the molecule is CC(C)(I)N1CCN(c2ccncc2)CC1. The lowest BCUT2D eigenvalue weighted by Crippen LogP contribution is -2.52. The molecule has 3 nitrogen and oxygen atoms in total. The maximum atomic E-state index is 4.06. The fraction of sp³-hybridized carbons (Fsp3) is 0.583. The van der Waals surface area contributed by atoms with Crippen molar-refractivity contribution >= 4 is 28.3 Å². The van der Waals surface area contributed by atoms with Crippen molar-refractivity contribution in [3.63, 3.8) is 0 Å². The molecule has 1 aliphatic rings. The van der Waals surface area contributed by atoms with E-state index in [0.717, 1.165) is 26.2 Å². The van der Waals surface area contributed by atoms with Crippen LogP contribution in [-0.4, -0.2) is 39.6 Å². The zero-order chi connectivity index (χ0) is 11.6. The molecular formula is C12H18IN3. The molecule has 0 aliphatic carbocycles. The van der Waals surface area contributed by atoms with Gasteiger partial charge in [-0.05, 0) is 26.0 Å². The van der Waals surface area contributed by atoms with E-state index >= 15 is 0 Å². The fourth-order valence-corrected chi connectivity index (χ4v) is 2.53. The summed E-state index contributed by atoms with van der Waals surface area (Å²) in [6.07, 6.45) is 3.73. The topological polar surface area (TPSA) is 19.4 Å². The predicted molar refractivity (Wildman–Crippen MR) is 76.1 cm³/mol. The zero-order valence-corrected chi connectivity index (χ0v) is 12.0. The van der Waals surface area contributed by atoms with Gasteiger partial charge in [-0.1, -0.05) is 22.6 Å². The monoisotopic (exact) mass is 331 g/mol. The molecule has 0 amide bonds. The van der Waals surface area contributed by atoms with Gasteiger partial charge in [0.1, 0.15) is 0 Å². The lowest BCUT2D eigenvalue weighted by molar-refractivity contribution is 0.197. The molecule has 0 unspecified atom stereocenters. The van der Waals surface area contributed by atoms with Gasteiger partial charge in [-0.15, -0.1) is 0 Å². The van der Waals surface area contributed by atoms with Crippen LogP contribution >= 0.6 is 22.6 Å². The van der Waals surface area contributed by atoms with E-state index in [1.54, 1.807) is 0 Å². The quantitative estimate of drug-likeness (QED) is 0.471. The second kappa shape index (κ2) is 4.87. The van der Waals surface area contributed by atoms with E-state index in [9.17, 15) is 0 Å². The molecule has 0 spiro atoms. The van der Waals surface area contributed by atoms with E-state index in [2.05, 4.69) is 63.4 Å². The number of hydrogen-bond acceptors (Lipinski definition) is 3. The number of rotatable bonds is 2. The fourth-order valence-electron chi connectivity index (χ4n) is 2.05. The molecule has 0 saturated carbocycles. The van der Waals surface area contributed by atoms with Crippen LogP contribution in [-0.2, 0) is 0 Å². The van der Waals surface area contributed by atoms with Crippen molar-refractivity contribution in [2.24, 2.45) is 0 Å². The van der Waals surface area contributed by atoms with Crippen LogP contribution in [0.4, 0.5) is 5.69 Å². The number of piperazine rings is 1. The summed E-state index contributed by atoms with van der Waals surface area (Å²) >= 11 is 2.52. The van der Waals surface area contributed by atoms with Gasteiger partial charge in [-0.25, -0.2) is 0 Å². The van der Waals surface area contributed by atoms with Gasteiger partial charge in [0.15, 0.2) is 0 Å². The molecule has 1 aromatic heterocycles. The Kier molecular flexibility index (Phi) is 3.69. The Bertz CT molecular complexity index is 326. The van der Waals surface area contributed by atoms with Crippen LogP contribution in [0, 0.1) is 0 Å². The van der Waals surface area contributed by atoms with Crippen molar-refractivity contribution in [3.8, 4) is 0 Å². The number of alkyl halides is 1. The number of anilines is 1. The molecule has 1 saturated heterocycles. The van der Waals surface area contributed by atoms with Gasteiger partial charge in [-0.3, -0.25) is 9.88 Å². The highest BCUT2D eigenvalue weighted by molar-refractivity contribution is 14.1. The Morgan fingerprint density at radius 3 is 2.19 bits per heavy atom. The molecule has 2 heterocycles. The summed E-state index contributed by atoms with van der Waals surface area (Å²) in [7, 11) is 0. The molecule has 88 valence electrons. The van der Waals surface area contributed by atoms with Crippen molar-refractivity contribution in [1.82, 2.24) is 9.88 Å². The summed E-state index contributed by atoms with van der Waals surface area (Å²) in [5, 5.41) is 0. The Labute approximate surface area is 111 Å². The van der Waals surface area contributed by atoms with Crippen molar-refractivity contribution in [2.45, 2.75) is 17.4 Å². The second-order valence-electron chi connectivity index (χ2n) is 4.59. The highest BCUT2D eigenvalue weighted by Crippen LogP contribution is 2.25. The third-order valence-electron chi connectivity index (χ3n) is 3.06. The number of pyridine rings is 1. The molecule has 1 fully saturated rings. The smallest absolute Gasteiger partial charge is 0.0674 e. The van der Waals surface area contributed by atoms with Crippen molar-refractivity contribution in [1.29, 1.82) is 0 Å². The molecule has 1 aromatic rings. The molecule has 16 heavy (non-hydrogen) atoms. The molecule has 2 rings (SSSR count). The minimum Gasteiger partial charge on any atom is -0.369 e. The van der Waals surface area contributed by atoms with Crippen LogP contribution in [0.3, 0.4) is 0 Å². The van der Waals surface area contributed by atoms with Crippen LogP contribution in [0.1, 0.15) is 13.8 Å². The third kappa shape index (κ3) is 2.85. The van der Waals surface area contributed by atoms with Gasteiger partial charge < -0.3 is 4.90 Å². The molecular weight excluding hydrogens is 313 g/mol. The van der Waals surface area contributed by atoms with Gasteiger partial charge in [0.2, 0.25) is 0 Å². The van der Waals surface area contributed by atoms with Gasteiger partial charge in [-0.2, -0.15) is 0 Å². The molecule has 0 atom stereocenters. The first kappa shape index (κ1) is 12.1. The van der Waals surface area contributed by atoms with Crippen LogP contribution in [0.15, 0.2) is 24.5 Å². The minimum absolute atomic E-state index is 0.266. The second-order valence-corrected chi connectivity index (χ2v) is 7.23. The number of halogens is 1. The standard InChI is InChI=1S/C12H18IN3/c1-12(2,13)16-9-7-15(8-10-16)11-3-5-14-6-4-11/h3-6H,7-10H2,1-2H3. The van der Waals surface area contributed by atoms with Crippen LogP contribution in [0.2, 0.25) is 0 Å². The largest absolute Gasteiger partial charge is 0.369 e. The average molecular weight is 331 g/mol. The summed E-state index contributed by atoms with van der Waals surface area (Å²) in [6.45, 7) is 9.04. The molecule has 1 aliphatic heterocycles. The highest BCUT2D eigenvalue weighted by Gasteiger charge is 2.27. The Morgan fingerprint density at radius 1 is 1.12 bits per heavy atom. The Morgan fingerprint density at radius 2 is 1.69 bits per heavy atom. The van der Waals surface area contributed by atoms with Gasteiger partial charge in [0, 0.05) is 44.3 Å². The van der Waals surface area contributed by atoms with E-state index in [4.69, 9.17) is 0 Å². The van der Waals surface area contributed by atoms with Crippen LogP contribution in [0.25, 0.3) is 0 Å². The summed E-state index contributed by atoms with van der Waals surface area (Å²) in [4.78, 5) is 9.02. The van der Waals surface area contributed by atoms with E-state index in [-0.39, 0.29) is 3.55 Å². The van der Waals surface area contributed by atoms with Crippen molar-refractivity contribution in [2.75, 3.05) is 31.1 Å². The Balaban J connectivity index is 1.96. The van der Waals surface area contributed by atoms with Crippen LogP contribution in [0.5, 0.6) is 0 Å². The first-order valence-electron chi connectivity index (χ1n) is 5.66. The van der Waals surface area contributed by atoms with E-state index in [1.807, 2.05) is 12.4 Å². The minimum atomic E-state index is 0.266. The van der Waals surface area contributed by atoms with E-state index in [0.29, 0.717) is 0 Å². The molecule has 0 bridgehead atoms. The van der Waals surface area contributed by atoms with Crippen molar-refractivity contribution in [3.05, 3.63) is 24.5 Å². The zero-order valence-electron chi connectivity index (χ0n) is 9.86. The average Bonchev–Trinajstić information content (AvgIpc) is 2.29. The normalized spacial score (nSPS) is 18.8. The van der Waals surface area contributed by atoms with Crippen molar-refractivity contribution < 1.29 is 0 Å². The summed E-state index contributed by atoms with van der Waals surface area (Å²) in [5.74, 6) is 0. The maximum Gasteiger partial charge on any atom is 0.0674 e. The summed E-state index contributed by atoms with van der Waals surface area (Å²) < 4.78 is 0.266. The third-order valence-corrected chi connectivity index (χ3v) is 3.74. The number of nitrogens with zero attached hydrogens (tertiary/aromatic N) is 3. The molecule has 0 radical (unpaired) electrons. The molecule has 4 heteroatoms. The summed E-state index contributed by atoms with van der Waals surface area (Å²) in [6, 6.07) is 4.18. The van der Waals surface area contributed by atoms with Gasteiger partial charge in [0.25, 0.3) is 0 Å². The predicted octanol–water partition coefficient (Wildman–Crippen LogP) is 2.37. The van der Waals surface area contributed by atoms with Crippen LogP contribution < -0.4 is 4.90 Å². The van der Waals surface area contributed by atoms with E-state index in [1.165, 1.54) is 5.69 Å². The Hall–Kier alpha value is -0.360. The van der Waals surface area contributed by atoms with Gasteiger partial charge >= 0.3 is 0 Å². The first-order valence-corrected chi connectivity index (χ1v) is 6.74. The lowest BCUT2D eigenvalue weighted by Gasteiger charge is -2.41. The highest BCUT2D eigenvalue weighted by atomic mass is 127.